The van der Waals surface area contributed by atoms with Crippen LogP contribution in [0.25, 0.3) is 0 Å². The first-order valence-corrected chi connectivity index (χ1v) is 5.86. The van der Waals surface area contributed by atoms with Crippen molar-refractivity contribution in [1.29, 1.82) is 0 Å². The molecule has 1 aromatic carbocycles. The molecule has 0 N–H and O–H groups in total. The lowest BCUT2D eigenvalue weighted by molar-refractivity contribution is -0.112. The number of nitrogens with zero attached hydrogens (tertiary/aromatic N) is 1. The zero-order valence-corrected chi connectivity index (χ0v) is 9.74. The number of thiol groups is 1. The van der Waals surface area contributed by atoms with Crippen LogP contribution in [0.2, 0.25) is 0 Å². The Labute approximate surface area is 99.9 Å². The number of rotatable bonds is 3. The molecule has 0 saturated carbocycles. The highest BCUT2D eigenvalue weighted by atomic mass is 32.1. The molecule has 2 rings (SSSR count). The molecule has 1 fully saturated rings. The minimum absolute atomic E-state index is 0.286. The fourth-order valence-electron chi connectivity index (χ4n) is 2.09. The van der Waals surface area contributed by atoms with Crippen LogP contribution in [0.5, 0.6) is 0 Å². The van der Waals surface area contributed by atoms with Crippen LogP contribution in [-0.4, -0.2) is 29.5 Å². The zero-order valence-electron chi connectivity index (χ0n) is 8.84. The van der Waals surface area contributed by atoms with Gasteiger partial charge in [0.05, 0.1) is 6.04 Å². The fourth-order valence-corrected chi connectivity index (χ4v) is 2.42. The minimum atomic E-state index is -0.474. The van der Waals surface area contributed by atoms with Gasteiger partial charge >= 0.3 is 0 Å². The molecule has 0 amide bonds. The van der Waals surface area contributed by atoms with Gasteiger partial charge in [-0.2, -0.15) is 12.6 Å². The van der Waals surface area contributed by atoms with Crippen molar-refractivity contribution < 1.29 is 9.18 Å². The van der Waals surface area contributed by atoms with Gasteiger partial charge in [-0.05, 0) is 12.5 Å². The normalized spacial score (nSPS) is 23.2. The summed E-state index contributed by atoms with van der Waals surface area (Å²) in [5.74, 6) is -0.317. The summed E-state index contributed by atoms with van der Waals surface area (Å²) in [5.41, 5.74) is 0.458. The number of hydrogen-bond donors (Lipinski definition) is 1. The maximum atomic E-state index is 13.6. The lowest BCUT2D eigenvalue weighted by Gasteiger charge is -2.23. The van der Waals surface area contributed by atoms with Crippen molar-refractivity contribution in [2.24, 2.45) is 0 Å². The van der Waals surface area contributed by atoms with Gasteiger partial charge in [-0.15, -0.1) is 0 Å². The summed E-state index contributed by atoms with van der Waals surface area (Å²) in [6.07, 6.45) is 1.76. The third-order valence-electron chi connectivity index (χ3n) is 2.94. The summed E-state index contributed by atoms with van der Waals surface area (Å²) >= 11 is 4.37. The number of likely N-dealkylation sites (tertiary alicyclic amines) is 1. The molecule has 4 heteroatoms. The third kappa shape index (κ3) is 2.28. The molecule has 1 aliphatic heterocycles. The zero-order chi connectivity index (χ0) is 11.5. The molecule has 2 nitrogen and oxygen atoms in total. The predicted octanol–water partition coefficient (Wildman–Crippen LogP) is 2.07. The van der Waals surface area contributed by atoms with Gasteiger partial charge in [0.2, 0.25) is 0 Å². The third-order valence-corrected chi connectivity index (χ3v) is 3.36. The largest absolute Gasteiger partial charge is 0.301 e. The second kappa shape index (κ2) is 4.97. The van der Waals surface area contributed by atoms with Gasteiger partial charge in [0, 0.05) is 23.9 Å². The van der Waals surface area contributed by atoms with Gasteiger partial charge in [-0.25, -0.2) is 4.39 Å². The Balaban J connectivity index is 2.23. The molecule has 2 atom stereocenters. The Kier molecular flexibility index (Phi) is 3.61. The van der Waals surface area contributed by atoms with E-state index in [4.69, 9.17) is 0 Å². The number of carbonyl (C=O) groups is 1. The van der Waals surface area contributed by atoms with Crippen molar-refractivity contribution in [2.75, 3.05) is 13.1 Å². The number of carbonyl (C=O) groups excluding carboxylic acids is 1. The van der Waals surface area contributed by atoms with Crippen molar-refractivity contribution in [2.45, 2.75) is 17.7 Å². The molecule has 1 heterocycles. The summed E-state index contributed by atoms with van der Waals surface area (Å²) in [6, 6.07) is 5.97. The molecule has 0 aromatic heterocycles. The lowest BCUT2D eigenvalue weighted by Crippen LogP contribution is -2.28. The van der Waals surface area contributed by atoms with Crippen LogP contribution in [0.4, 0.5) is 4.39 Å². The number of hydrogen-bond acceptors (Lipinski definition) is 3. The van der Waals surface area contributed by atoms with Gasteiger partial charge < -0.3 is 4.79 Å². The van der Waals surface area contributed by atoms with Crippen molar-refractivity contribution >= 4 is 18.9 Å². The molecule has 0 spiro atoms. The van der Waals surface area contributed by atoms with Crippen LogP contribution in [-0.2, 0) is 4.79 Å². The molecule has 0 bridgehead atoms. The van der Waals surface area contributed by atoms with Crippen LogP contribution < -0.4 is 0 Å². The average Bonchev–Trinajstić information content (AvgIpc) is 2.69. The molecular formula is C12H14FNOS. The Hall–Kier alpha value is -0.870. The van der Waals surface area contributed by atoms with E-state index in [0.717, 1.165) is 25.8 Å². The van der Waals surface area contributed by atoms with Crippen molar-refractivity contribution in [3.05, 3.63) is 35.6 Å². The average molecular weight is 239 g/mol. The summed E-state index contributed by atoms with van der Waals surface area (Å²) in [6.45, 7) is 1.53. The van der Waals surface area contributed by atoms with Crippen molar-refractivity contribution in [3.63, 3.8) is 0 Å². The molecule has 2 unspecified atom stereocenters. The quantitative estimate of drug-likeness (QED) is 0.643. The van der Waals surface area contributed by atoms with E-state index in [1.165, 1.54) is 6.07 Å². The monoisotopic (exact) mass is 239 g/mol. The van der Waals surface area contributed by atoms with E-state index in [-0.39, 0.29) is 11.1 Å². The van der Waals surface area contributed by atoms with Crippen LogP contribution >= 0.6 is 12.6 Å². The van der Waals surface area contributed by atoms with E-state index in [1.54, 1.807) is 18.2 Å². The molecule has 16 heavy (non-hydrogen) atoms. The lowest BCUT2D eigenvalue weighted by atomic mass is 10.1. The Bertz CT molecular complexity index is 385. The van der Waals surface area contributed by atoms with E-state index in [1.807, 2.05) is 4.90 Å². The first-order chi connectivity index (χ1) is 7.72. The summed E-state index contributed by atoms with van der Waals surface area (Å²) in [4.78, 5) is 13.1. The van der Waals surface area contributed by atoms with Gasteiger partial charge in [-0.3, -0.25) is 4.90 Å². The standard InChI is InChI=1S/C12H14FNOS/c13-11-4-2-1-3-10(11)12(8-15)14-6-5-9(16)7-14/h1-4,8-9,12,16H,5-7H2. The first kappa shape index (κ1) is 11.6. The molecule has 1 aliphatic rings. The topological polar surface area (TPSA) is 20.3 Å². The van der Waals surface area contributed by atoms with E-state index >= 15 is 0 Å². The number of halogens is 1. The van der Waals surface area contributed by atoms with E-state index in [0.29, 0.717) is 5.56 Å². The van der Waals surface area contributed by atoms with Gasteiger partial charge in [-0.1, -0.05) is 18.2 Å². The fraction of sp³-hybridized carbons (Fsp3) is 0.417. The highest BCUT2D eigenvalue weighted by Gasteiger charge is 2.28. The predicted molar refractivity (Wildman–Crippen MR) is 64.2 cm³/mol. The van der Waals surface area contributed by atoms with E-state index in [9.17, 15) is 9.18 Å². The van der Waals surface area contributed by atoms with Crippen LogP contribution in [0, 0.1) is 5.82 Å². The Morgan fingerprint density at radius 2 is 2.25 bits per heavy atom. The highest BCUT2D eigenvalue weighted by Crippen LogP contribution is 2.26. The van der Waals surface area contributed by atoms with E-state index in [2.05, 4.69) is 12.6 Å². The van der Waals surface area contributed by atoms with Gasteiger partial charge in [0.1, 0.15) is 12.1 Å². The maximum Gasteiger partial charge on any atom is 0.141 e. The molecule has 1 aromatic rings. The molecule has 1 saturated heterocycles. The molecule has 0 radical (unpaired) electrons. The van der Waals surface area contributed by atoms with Crippen molar-refractivity contribution in [3.8, 4) is 0 Å². The molecule has 86 valence electrons. The molecule has 0 aliphatic carbocycles. The summed E-state index contributed by atoms with van der Waals surface area (Å²) in [7, 11) is 0. The second-order valence-electron chi connectivity index (χ2n) is 4.04. The second-order valence-corrected chi connectivity index (χ2v) is 4.77. The number of aldehydes is 1. The Morgan fingerprint density at radius 1 is 1.50 bits per heavy atom. The van der Waals surface area contributed by atoms with Crippen molar-refractivity contribution in [1.82, 2.24) is 4.90 Å². The van der Waals surface area contributed by atoms with Crippen LogP contribution in [0.15, 0.2) is 24.3 Å². The number of benzene rings is 1. The smallest absolute Gasteiger partial charge is 0.141 e. The summed E-state index contributed by atoms with van der Waals surface area (Å²) in [5, 5.41) is 0.286. The Morgan fingerprint density at radius 3 is 2.81 bits per heavy atom. The summed E-state index contributed by atoms with van der Waals surface area (Å²) < 4.78 is 13.6. The van der Waals surface area contributed by atoms with Gasteiger partial charge in [0.15, 0.2) is 0 Å². The van der Waals surface area contributed by atoms with Gasteiger partial charge in [0.25, 0.3) is 0 Å². The van der Waals surface area contributed by atoms with E-state index < -0.39 is 6.04 Å². The minimum Gasteiger partial charge on any atom is -0.301 e. The highest BCUT2D eigenvalue weighted by molar-refractivity contribution is 7.81. The molecular weight excluding hydrogens is 225 g/mol. The maximum absolute atomic E-state index is 13.6. The van der Waals surface area contributed by atoms with Crippen LogP contribution in [0.1, 0.15) is 18.0 Å². The van der Waals surface area contributed by atoms with Crippen LogP contribution in [0.3, 0.4) is 0 Å². The SMILES string of the molecule is O=CC(c1ccccc1F)N1CCC(S)C1. The first-order valence-electron chi connectivity index (χ1n) is 5.34.